The number of amides is 7. The average Bonchev–Trinajstić information content (AvgIpc) is 4.08. The number of nitrogens with one attached hydrogen (secondary N) is 6. The summed E-state index contributed by atoms with van der Waals surface area (Å²) in [5, 5.41) is 67.6. The largest absolute Gasteiger partial charge is 0.618 e. The summed E-state index contributed by atoms with van der Waals surface area (Å²) >= 11 is 0. The molecule has 7 amide bonds. The van der Waals surface area contributed by atoms with Gasteiger partial charge in [0.25, 0.3) is 0 Å². The number of imidazole rings is 1. The molecule has 0 spiro atoms. The number of hydrogen-bond acceptors (Lipinski definition) is 12. The lowest BCUT2D eigenvalue weighted by molar-refractivity contribution is -0.614. The van der Waals surface area contributed by atoms with E-state index in [1.54, 1.807) is 48.5 Å². The van der Waals surface area contributed by atoms with Crippen LogP contribution in [-0.2, 0) is 43.4 Å². The number of aromatic nitrogens is 3. The lowest BCUT2D eigenvalue weighted by Crippen LogP contribution is -2.62. The second-order valence-corrected chi connectivity index (χ2v) is 19.5. The van der Waals surface area contributed by atoms with Crippen LogP contribution in [0.4, 0.5) is 4.79 Å². The molecular weight excluding hydrogens is 917 g/mol. The standard InChI is InChI=1S/C50H76N10O11/c1-8-33(6)43(47(68)52-26-36-17-12-13-20-60(36)71)56-44(65)37(32(4)5)24-42(64)38(21-31(2)3)54-46(67)41(23-35-25-51-30-53-35)58(7)48(69)39(22-34-15-10-9-11-16-34)55-45(66)40-18-14-19-59(40)49(70)57-50(27-61,28-62)29-63/h9-13,15-17,20,25,30-33,37-43,61-64H,8,14,18-19,21-24,26-29H2,1-7H3,(H,51,53)(H,52,68)(H,54,67)(H,55,66)(H,56,65)(H,57,70)/t33-,37+,38+,39+,40+,41+,42+,43+/m1/s1. The Morgan fingerprint density at radius 1 is 0.901 bits per heavy atom. The molecule has 0 bridgehead atoms. The number of urea groups is 1. The van der Waals surface area contributed by atoms with Crippen LogP contribution in [0.25, 0.3) is 0 Å². The fraction of sp³-hybridized carbons (Fsp3) is 0.600. The van der Waals surface area contributed by atoms with Crippen molar-refractivity contribution >= 4 is 35.6 Å². The molecule has 0 unspecified atom stereocenters. The zero-order valence-electron chi connectivity index (χ0n) is 42.0. The molecule has 0 radical (unpaired) electrons. The van der Waals surface area contributed by atoms with E-state index in [4.69, 9.17) is 0 Å². The molecular formula is C50H76N10O11. The van der Waals surface area contributed by atoms with E-state index in [2.05, 4.69) is 36.6 Å². The fourth-order valence-electron chi connectivity index (χ4n) is 8.63. The van der Waals surface area contributed by atoms with Gasteiger partial charge in [0.15, 0.2) is 6.20 Å². The lowest BCUT2D eigenvalue weighted by atomic mass is 9.85. The highest BCUT2D eigenvalue weighted by Gasteiger charge is 2.41. The van der Waals surface area contributed by atoms with Crippen LogP contribution in [0, 0.1) is 28.9 Å². The van der Waals surface area contributed by atoms with Crippen LogP contribution in [0.5, 0.6) is 0 Å². The van der Waals surface area contributed by atoms with Crippen molar-refractivity contribution in [3.63, 3.8) is 0 Å². The summed E-state index contributed by atoms with van der Waals surface area (Å²) in [7, 11) is 1.44. The summed E-state index contributed by atoms with van der Waals surface area (Å²) in [5.41, 5.74) is -0.208. The van der Waals surface area contributed by atoms with E-state index in [0.717, 1.165) is 0 Å². The molecule has 1 aliphatic heterocycles. The number of benzene rings is 1. The summed E-state index contributed by atoms with van der Waals surface area (Å²) in [5.74, 6) is -4.27. The molecule has 1 aliphatic rings. The Bertz CT molecular complexity index is 2170. The summed E-state index contributed by atoms with van der Waals surface area (Å²) in [6.07, 6.45) is 4.41. The Balaban J connectivity index is 1.58. The number of likely N-dealkylation sites (N-methyl/N-ethyl adjacent to an activating group) is 1. The molecule has 21 heteroatoms. The van der Waals surface area contributed by atoms with E-state index >= 15 is 0 Å². The monoisotopic (exact) mass is 993 g/mol. The van der Waals surface area contributed by atoms with Crippen LogP contribution >= 0.6 is 0 Å². The maximum Gasteiger partial charge on any atom is 0.318 e. The number of rotatable bonds is 27. The molecule has 3 aromatic rings. The maximum absolute atomic E-state index is 14.8. The molecule has 71 heavy (non-hydrogen) atoms. The number of carbonyl (C=O) groups is 6. The summed E-state index contributed by atoms with van der Waals surface area (Å²) in [4.78, 5) is 94.3. The SMILES string of the molecule is CC[C@@H](C)[C@H](NC(=O)[C@@H](C[C@H](O)[C@H](CC(C)C)NC(=O)[C@H](Cc1cnc[nH]1)N(C)C(=O)[C@H](Cc1ccccc1)NC(=O)[C@@H]1CCCN1C(=O)NC(CO)(CO)CO)C(C)C)C(=O)NCc1cccc[n+]1[O-]. The van der Waals surface area contributed by atoms with Gasteiger partial charge in [0.05, 0.1) is 38.3 Å². The highest BCUT2D eigenvalue weighted by Crippen LogP contribution is 2.24. The minimum Gasteiger partial charge on any atom is -0.618 e. The van der Waals surface area contributed by atoms with Crippen molar-refractivity contribution in [3.05, 3.63) is 89.4 Å². The van der Waals surface area contributed by atoms with Crippen LogP contribution in [-0.4, -0.2) is 151 Å². The molecule has 1 aromatic carbocycles. The van der Waals surface area contributed by atoms with Crippen molar-refractivity contribution in [1.29, 1.82) is 0 Å². The van der Waals surface area contributed by atoms with Gasteiger partial charge in [-0.25, -0.2) is 9.78 Å². The van der Waals surface area contributed by atoms with Crippen molar-refractivity contribution in [2.24, 2.45) is 23.7 Å². The Morgan fingerprint density at radius 3 is 2.17 bits per heavy atom. The van der Waals surface area contributed by atoms with Gasteiger partial charge >= 0.3 is 6.03 Å². The number of hydrogen-bond donors (Lipinski definition) is 10. The maximum atomic E-state index is 14.8. The molecule has 392 valence electrons. The zero-order valence-corrected chi connectivity index (χ0v) is 42.0. The van der Waals surface area contributed by atoms with Gasteiger partial charge in [-0.2, -0.15) is 4.73 Å². The first-order chi connectivity index (χ1) is 33.8. The first-order valence-corrected chi connectivity index (χ1v) is 24.5. The fourth-order valence-corrected chi connectivity index (χ4v) is 8.63. The van der Waals surface area contributed by atoms with Gasteiger partial charge in [-0.15, -0.1) is 0 Å². The topological polar surface area (TPSA) is 306 Å². The molecule has 4 rings (SSSR count). The molecule has 10 N–H and O–H groups in total. The minimum atomic E-state index is -1.74. The number of H-pyrrole nitrogens is 1. The quantitative estimate of drug-likeness (QED) is 0.0368. The van der Waals surface area contributed by atoms with Crippen molar-refractivity contribution in [3.8, 4) is 0 Å². The number of aromatic amines is 1. The second-order valence-electron chi connectivity index (χ2n) is 19.5. The molecule has 1 saturated heterocycles. The number of nitrogens with zero attached hydrogens (tertiary/aromatic N) is 4. The van der Waals surface area contributed by atoms with Gasteiger partial charge in [-0.05, 0) is 55.1 Å². The molecule has 0 aliphatic carbocycles. The smallest absolute Gasteiger partial charge is 0.318 e. The van der Waals surface area contributed by atoms with Crippen LogP contribution in [0.2, 0.25) is 0 Å². The van der Waals surface area contributed by atoms with Crippen molar-refractivity contribution in [1.82, 2.24) is 46.4 Å². The second kappa shape index (κ2) is 27.4. The zero-order chi connectivity index (χ0) is 52.4. The van der Waals surface area contributed by atoms with Gasteiger partial charge in [0.1, 0.15) is 36.3 Å². The Morgan fingerprint density at radius 2 is 1.58 bits per heavy atom. The molecule has 0 saturated carbocycles. The van der Waals surface area contributed by atoms with E-state index in [-0.39, 0.29) is 56.5 Å². The van der Waals surface area contributed by atoms with Gasteiger partial charge < -0.3 is 67.0 Å². The van der Waals surface area contributed by atoms with Crippen LogP contribution < -0.4 is 31.3 Å². The van der Waals surface area contributed by atoms with Crippen LogP contribution in [0.3, 0.4) is 0 Å². The highest BCUT2D eigenvalue weighted by molar-refractivity contribution is 5.95. The number of likely N-dealkylation sites (tertiary alicyclic amines) is 1. The van der Waals surface area contributed by atoms with Crippen molar-refractivity contribution < 1.29 is 53.9 Å². The predicted octanol–water partition coefficient (Wildman–Crippen LogP) is 0.431. The number of carbonyl (C=O) groups excluding carboxylic acids is 6. The summed E-state index contributed by atoms with van der Waals surface area (Å²) in [6, 6.07) is 7.63. The number of pyridine rings is 1. The summed E-state index contributed by atoms with van der Waals surface area (Å²) < 4.78 is 0.653. The van der Waals surface area contributed by atoms with E-state index in [1.807, 2.05) is 41.5 Å². The Hall–Kier alpha value is -6.16. The van der Waals surface area contributed by atoms with E-state index in [9.17, 15) is 54.4 Å². The van der Waals surface area contributed by atoms with E-state index in [0.29, 0.717) is 40.9 Å². The molecule has 1 fully saturated rings. The molecule has 21 nitrogen and oxygen atoms in total. The van der Waals surface area contributed by atoms with Crippen LogP contribution in [0.15, 0.2) is 67.3 Å². The summed E-state index contributed by atoms with van der Waals surface area (Å²) in [6.45, 7) is 9.03. The third-order valence-electron chi connectivity index (χ3n) is 13.4. The number of aliphatic hydroxyl groups excluding tert-OH is 4. The molecule has 8 atom stereocenters. The Kier molecular flexibility index (Phi) is 22.2. The van der Waals surface area contributed by atoms with Gasteiger partial charge in [-0.3, -0.25) is 24.0 Å². The molecule has 3 heterocycles. The lowest BCUT2D eigenvalue weighted by Gasteiger charge is -2.35. The van der Waals surface area contributed by atoms with Gasteiger partial charge in [0, 0.05) is 56.4 Å². The van der Waals surface area contributed by atoms with Gasteiger partial charge in [-0.1, -0.05) is 78.3 Å². The van der Waals surface area contributed by atoms with E-state index in [1.165, 1.54) is 35.6 Å². The normalized spacial score (nSPS) is 16.8. The van der Waals surface area contributed by atoms with E-state index < -0.39 is 103 Å². The first kappa shape index (κ1) is 57.4. The van der Waals surface area contributed by atoms with Gasteiger partial charge in [0.2, 0.25) is 35.2 Å². The average molecular weight is 993 g/mol. The molecule has 2 aromatic heterocycles. The Labute approximate surface area is 416 Å². The number of aliphatic hydroxyl groups is 4. The first-order valence-electron chi connectivity index (χ1n) is 24.5. The highest BCUT2D eigenvalue weighted by atomic mass is 16.5. The van der Waals surface area contributed by atoms with Crippen molar-refractivity contribution in [2.45, 2.75) is 135 Å². The predicted molar refractivity (Wildman–Crippen MR) is 262 cm³/mol. The third kappa shape index (κ3) is 16.2. The minimum absolute atomic E-state index is 0.00970. The van der Waals surface area contributed by atoms with Crippen LogP contribution in [0.1, 0.15) is 90.6 Å². The van der Waals surface area contributed by atoms with Crippen molar-refractivity contribution in [2.75, 3.05) is 33.4 Å². The third-order valence-corrected chi connectivity index (χ3v) is 13.4.